The highest BCUT2D eigenvalue weighted by molar-refractivity contribution is 6.29. The Morgan fingerprint density at radius 1 is 0.431 bits per heavy atom. The van der Waals surface area contributed by atoms with Crippen LogP contribution in [-0.4, -0.2) is 9.55 Å². The Hall–Kier alpha value is -7.42. The summed E-state index contributed by atoms with van der Waals surface area (Å²) < 4.78 is 2.55. The van der Waals surface area contributed by atoms with E-state index in [0.717, 1.165) is 12.8 Å². The van der Waals surface area contributed by atoms with Gasteiger partial charge in [-0.2, -0.15) is 0 Å². The van der Waals surface area contributed by atoms with E-state index in [1.165, 1.54) is 127 Å². The van der Waals surface area contributed by atoms with Crippen molar-refractivity contribution in [3.05, 3.63) is 193 Å². The fraction of sp³-hybridized carbons (Fsp3) is 0.0357. The zero-order valence-corrected chi connectivity index (χ0v) is 31.8. The Morgan fingerprint density at radius 3 is 1.78 bits per heavy atom. The summed E-state index contributed by atoms with van der Waals surface area (Å²) in [6, 6.07) is 63.3. The van der Waals surface area contributed by atoms with Crippen molar-refractivity contribution in [2.75, 3.05) is 0 Å². The third-order valence-electron chi connectivity index (χ3n) is 13.0. The van der Waals surface area contributed by atoms with E-state index in [9.17, 15) is 0 Å². The van der Waals surface area contributed by atoms with Crippen LogP contribution in [0.4, 0.5) is 0 Å². The highest BCUT2D eigenvalue weighted by atomic mass is 15.0. The van der Waals surface area contributed by atoms with Crippen molar-refractivity contribution < 1.29 is 0 Å². The summed E-state index contributed by atoms with van der Waals surface area (Å²) in [6.45, 7) is 0. The second-order valence-corrected chi connectivity index (χ2v) is 15.9. The molecule has 58 heavy (non-hydrogen) atoms. The van der Waals surface area contributed by atoms with Crippen LogP contribution in [0.25, 0.3) is 122 Å². The van der Waals surface area contributed by atoms with E-state index >= 15 is 0 Å². The molecule has 0 bridgehead atoms. The molecule has 0 atom stereocenters. The molecular formula is C56H36N2. The van der Waals surface area contributed by atoms with Gasteiger partial charge in [-0.3, -0.25) is 0 Å². The highest BCUT2D eigenvalue weighted by Crippen LogP contribution is 2.58. The predicted octanol–water partition coefficient (Wildman–Crippen LogP) is 15.2. The minimum absolute atomic E-state index is 1.01. The lowest BCUT2D eigenvalue weighted by Crippen LogP contribution is -2.04. The van der Waals surface area contributed by atoms with Gasteiger partial charge in [-0.1, -0.05) is 164 Å². The summed E-state index contributed by atoms with van der Waals surface area (Å²) in [4.78, 5) is 3.57. The van der Waals surface area contributed by atoms with E-state index in [-0.39, 0.29) is 0 Å². The molecule has 0 saturated heterocycles. The van der Waals surface area contributed by atoms with Gasteiger partial charge < -0.3 is 9.55 Å². The fourth-order valence-electron chi connectivity index (χ4n) is 10.7. The molecule has 1 N–H and O–H groups in total. The summed E-state index contributed by atoms with van der Waals surface area (Å²) >= 11 is 0. The molecule has 13 rings (SSSR count). The minimum atomic E-state index is 1.01. The molecular weight excluding hydrogens is 701 g/mol. The van der Waals surface area contributed by atoms with Crippen molar-refractivity contribution in [1.29, 1.82) is 0 Å². The van der Waals surface area contributed by atoms with Crippen molar-refractivity contribution in [3.63, 3.8) is 0 Å². The molecule has 0 amide bonds. The standard InChI is InChI=1S/C56H36N2/c1-3-14-34(15-4-1)50-42-20-9-10-21-43(42)51(35-16-5-2-6-17-35)55-46-28-27-39(41-23-13-24-45(52(41)46)54(50)55)38-29-31-48(40-19-8-7-18-37(38)40)58-47-25-12-11-22-44(47)53-49(58)30-26-36-32-33-57-56(36)53/h1-11,13-24,26-33,57H,12,25H2. The number of aromatic amines is 1. The zero-order chi connectivity index (χ0) is 37.9. The van der Waals surface area contributed by atoms with Gasteiger partial charge >= 0.3 is 0 Å². The number of H-pyrrole nitrogens is 1. The van der Waals surface area contributed by atoms with Crippen LogP contribution in [0.3, 0.4) is 0 Å². The summed E-state index contributed by atoms with van der Waals surface area (Å²) in [6.07, 6.45) is 8.79. The molecule has 2 heterocycles. The maximum absolute atomic E-state index is 3.57. The number of rotatable bonds is 4. The molecule has 270 valence electrons. The molecule has 11 aromatic rings. The molecule has 0 spiro atoms. The average molecular weight is 737 g/mol. The van der Waals surface area contributed by atoms with Crippen molar-refractivity contribution in [2.45, 2.75) is 12.8 Å². The largest absolute Gasteiger partial charge is 0.361 e. The smallest absolute Gasteiger partial charge is 0.0559 e. The fourth-order valence-corrected chi connectivity index (χ4v) is 10.7. The topological polar surface area (TPSA) is 20.7 Å². The molecule has 2 nitrogen and oxygen atoms in total. The van der Waals surface area contributed by atoms with Gasteiger partial charge in [-0.25, -0.2) is 0 Å². The maximum Gasteiger partial charge on any atom is 0.0559 e. The Bertz CT molecular complexity index is 3450. The van der Waals surface area contributed by atoms with E-state index in [1.54, 1.807) is 0 Å². The lowest BCUT2D eigenvalue weighted by atomic mass is 9.82. The summed E-state index contributed by atoms with van der Waals surface area (Å²) in [5.41, 5.74) is 19.3. The first-order valence-corrected chi connectivity index (χ1v) is 20.4. The molecule has 0 radical (unpaired) electrons. The Morgan fingerprint density at radius 2 is 1.03 bits per heavy atom. The van der Waals surface area contributed by atoms with Gasteiger partial charge in [0.25, 0.3) is 0 Å². The highest BCUT2D eigenvalue weighted by Gasteiger charge is 2.31. The number of hydrogen-bond donors (Lipinski definition) is 1. The first-order valence-electron chi connectivity index (χ1n) is 20.4. The van der Waals surface area contributed by atoms with E-state index in [1.807, 2.05) is 0 Å². The van der Waals surface area contributed by atoms with E-state index in [4.69, 9.17) is 0 Å². The number of allylic oxidation sites excluding steroid dienone is 1. The third-order valence-corrected chi connectivity index (χ3v) is 13.0. The van der Waals surface area contributed by atoms with Crippen LogP contribution in [0, 0.1) is 0 Å². The van der Waals surface area contributed by atoms with Gasteiger partial charge in [0.05, 0.1) is 16.7 Å². The van der Waals surface area contributed by atoms with Gasteiger partial charge in [-0.15, -0.1) is 0 Å². The van der Waals surface area contributed by atoms with E-state index < -0.39 is 0 Å². The molecule has 2 aliphatic rings. The maximum atomic E-state index is 3.57. The second-order valence-electron chi connectivity index (χ2n) is 15.9. The first kappa shape index (κ1) is 31.7. The molecule has 2 heteroatoms. The normalized spacial score (nSPS) is 13.0. The number of aromatic nitrogens is 2. The SMILES string of the molecule is C1=Cc2c(n(-c3ccc(-c4ccc5c6c(cccc46)-c4c-5c(-c5ccccc5)c5ccccc5c4-c4ccccc4)c4ccccc34)c3ccc4cc[nH]c4c23)CC1. The molecule has 0 saturated carbocycles. The van der Waals surface area contributed by atoms with Gasteiger partial charge in [0.15, 0.2) is 0 Å². The first-order chi connectivity index (χ1) is 28.8. The van der Waals surface area contributed by atoms with Gasteiger partial charge in [0, 0.05) is 33.6 Å². The van der Waals surface area contributed by atoms with E-state index in [2.05, 4.69) is 198 Å². The van der Waals surface area contributed by atoms with E-state index in [0.29, 0.717) is 0 Å². The number of nitrogens with zero attached hydrogens (tertiary/aromatic N) is 1. The molecule has 9 aromatic carbocycles. The van der Waals surface area contributed by atoms with Crippen LogP contribution in [0.5, 0.6) is 0 Å². The van der Waals surface area contributed by atoms with Crippen molar-refractivity contribution in [1.82, 2.24) is 9.55 Å². The monoisotopic (exact) mass is 736 g/mol. The Kier molecular flexibility index (Phi) is 6.59. The predicted molar refractivity (Wildman–Crippen MR) is 246 cm³/mol. The minimum Gasteiger partial charge on any atom is -0.361 e. The van der Waals surface area contributed by atoms with Crippen LogP contribution >= 0.6 is 0 Å². The van der Waals surface area contributed by atoms with Crippen LogP contribution < -0.4 is 0 Å². The van der Waals surface area contributed by atoms with Crippen LogP contribution in [0.15, 0.2) is 182 Å². The number of benzene rings is 9. The molecule has 0 aliphatic heterocycles. The third kappa shape index (κ3) is 4.27. The van der Waals surface area contributed by atoms with Crippen LogP contribution in [0.1, 0.15) is 17.7 Å². The molecule has 2 aliphatic carbocycles. The molecule has 2 aromatic heterocycles. The number of fused-ring (bicyclic) bond motifs is 10. The Labute approximate surface area is 336 Å². The summed E-state index contributed by atoms with van der Waals surface area (Å²) in [5, 5.41) is 10.3. The Balaban J connectivity index is 1.09. The quantitative estimate of drug-likeness (QED) is 0.186. The second kappa shape index (κ2) is 12.0. The summed E-state index contributed by atoms with van der Waals surface area (Å²) in [5.74, 6) is 0. The molecule has 0 unspecified atom stereocenters. The summed E-state index contributed by atoms with van der Waals surface area (Å²) in [7, 11) is 0. The van der Waals surface area contributed by atoms with Crippen molar-refractivity contribution in [2.24, 2.45) is 0 Å². The van der Waals surface area contributed by atoms with Crippen LogP contribution in [0.2, 0.25) is 0 Å². The number of hydrogen-bond acceptors (Lipinski definition) is 0. The van der Waals surface area contributed by atoms with Gasteiger partial charge in [0.2, 0.25) is 0 Å². The zero-order valence-electron chi connectivity index (χ0n) is 31.8. The average Bonchev–Trinajstić information content (AvgIpc) is 4.00. The van der Waals surface area contributed by atoms with Crippen molar-refractivity contribution >= 4 is 60.2 Å². The van der Waals surface area contributed by atoms with Crippen molar-refractivity contribution in [3.8, 4) is 61.3 Å². The van der Waals surface area contributed by atoms with Crippen LogP contribution in [-0.2, 0) is 6.42 Å². The number of nitrogens with one attached hydrogen (secondary N) is 1. The van der Waals surface area contributed by atoms with Gasteiger partial charge in [0.1, 0.15) is 0 Å². The van der Waals surface area contributed by atoms with Gasteiger partial charge in [-0.05, 0) is 114 Å². The lowest BCUT2D eigenvalue weighted by molar-refractivity contribution is 0.892. The lowest BCUT2D eigenvalue weighted by Gasteiger charge is -2.20. The molecule has 0 fully saturated rings.